The van der Waals surface area contributed by atoms with Gasteiger partial charge in [-0.3, -0.25) is 0 Å². The first-order valence-electron chi connectivity index (χ1n) is 17.4. The highest BCUT2D eigenvalue weighted by molar-refractivity contribution is 5.94. The lowest BCUT2D eigenvalue weighted by Gasteiger charge is -2.43. The molecule has 4 nitrogen and oxygen atoms in total. The van der Waals surface area contributed by atoms with Crippen molar-refractivity contribution in [2.24, 2.45) is 0 Å². The Bertz CT molecular complexity index is 2590. The lowest BCUT2D eigenvalue weighted by Crippen LogP contribution is -2.45. The molecular formula is C45H36N4. The Hall–Kier alpha value is -5.61. The van der Waals surface area contributed by atoms with Crippen LogP contribution in [0.4, 0.5) is 0 Å². The molecule has 0 saturated carbocycles. The van der Waals surface area contributed by atoms with Gasteiger partial charge in [-0.05, 0) is 64.4 Å². The van der Waals surface area contributed by atoms with Gasteiger partial charge in [0.2, 0.25) is 0 Å². The van der Waals surface area contributed by atoms with Crippen LogP contribution in [0.2, 0.25) is 0 Å². The molecule has 0 N–H and O–H groups in total. The van der Waals surface area contributed by atoms with E-state index < -0.39 is 0 Å². The first kappa shape index (κ1) is 28.4. The van der Waals surface area contributed by atoms with Crippen LogP contribution in [0.5, 0.6) is 0 Å². The topological polar surface area (TPSA) is 43.6 Å². The van der Waals surface area contributed by atoms with Gasteiger partial charge in [-0.2, -0.15) is 0 Å². The monoisotopic (exact) mass is 632 g/mol. The van der Waals surface area contributed by atoms with Gasteiger partial charge in [0, 0.05) is 38.1 Å². The fraction of sp³-hybridized carbons (Fsp3) is 0.178. The van der Waals surface area contributed by atoms with Gasteiger partial charge >= 0.3 is 0 Å². The molecule has 0 atom stereocenters. The Morgan fingerprint density at radius 3 is 1.78 bits per heavy atom. The molecule has 0 spiro atoms. The summed E-state index contributed by atoms with van der Waals surface area (Å²) in [6.45, 7) is 9.70. The molecule has 0 radical (unpaired) electrons. The molecule has 0 saturated heterocycles. The molecule has 7 aromatic rings. The summed E-state index contributed by atoms with van der Waals surface area (Å²) in [5.41, 5.74) is 13.6. The Labute approximate surface area is 286 Å². The molecule has 1 aliphatic carbocycles. The second-order valence-corrected chi connectivity index (χ2v) is 14.8. The van der Waals surface area contributed by atoms with Crippen LogP contribution in [-0.4, -0.2) is 19.5 Å². The number of hydrogen-bond acceptors (Lipinski definition) is 3. The Morgan fingerprint density at radius 1 is 0.531 bits per heavy atom. The lowest BCUT2D eigenvalue weighted by molar-refractivity contribution is 0.592. The van der Waals surface area contributed by atoms with Gasteiger partial charge in [0.1, 0.15) is 0 Å². The van der Waals surface area contributed by atoms with Crippen molar-refractivity contribution >= 4 is 22.6 Å². The molecule has 2 aliphatic heterocycles. The molecule has 0 amide bonds. The highest BCUT2D eigenvalue weighted by Gasteiger charge is 2.43. The van der Waals surface area contributed by atoms with Gasteiger partial charge in [-0.15, -0.1) is 0 Å². The molecule has 3 aliphatic rings. The van der Waals surface area contributed by atoms with Crippen molar-refractivity contribution in [3.63, 3.8) is 0 Å². The zero-order chi connectivity index (χ0) is 33.1. The lowest BCUT2D eigenvalue weighted by atomic mass is 9.67. The van der Waals surface area contributed by atoms with Crippen LogP contribution in [0.15, 0.2) is 115 Å². The summed E-state index contributed by atoms with van der Waals surface area (Å²) < 4.78 is 2.63. The standard InChI is InChI=1S/C45H36N4/c1-44(2)34-22-12-20-32-33-21-13-23-35-39(33)49(38(32)34)40-36(44)25-31(26-37(40)45(35,3)4)29-18-11-19-30(24-29)43-47-41(27-14-7-5-8-15-27)46-42(48-43)28-16-9-6-10-17-28/h5-12,14-22,24-26H,13,23H2,1-4H3. The first-order chi connectivity index (χ1) is 23.8. The SMILES string of the molecule is CC1(C)C2=c3c(c4cccc5c4n3-c3c1cc(-c1cccc(-c4nc(-c6ccccc6)nc(-c6ccccc6)n4)c1)cc3C5(C)C)=CCC2. The van der Waals surface area contributed by atoms with Crippen LogP contribution in [0, 0.1) is 0 Å². The number of fused-ring (bicyclic) bond motifs is 1. The van der Waals surface area contributed by atoms with Crippen molar-refractivity contribution in [3.05, 3.63) is 143 Å². The number of para-hydroxylation sites is 1. The fourth-order valence-electron chi connectivity index (χ4n) is 8.76. The molecule has 0 bridgehead atoms. The van der Waals surface area contributed by atoms with Crippen molar-refractivity contribution in [2.75, 3.05) is 0 Å². The maximum Gasteiger partial charge on any atom is 0.164 e. The molecule has 0 unspecified atom stereocenters. The van der Waals surface area contributed by atoms with E-state index in [2.05, 4.69) is 117 Å². The minimum Gasteiger partial charge on any atom is -0.308 e. The van der Waals surface area contributed by atoms with Crippen molar-refractivity contribution in [1.29, 1.82) is 0 Å². The van der Waals surface area contributed by atoms with Gasteiger partial charge in [0.15, 0.2) is 17.5 Å². The maximum atomic E-state index is 5.04. The Morgan fingerprint density at radius 2 is 1.10 bits per heavy atom. The number of aromatic nitrogens is 4. The molecule has 2 aromatic heterocycles. The van der Waals surface area contributed by atoms with Gasteiger partial charge < -0.3 is 4.57 Å². The third-order valence-electron chi connectivity index (χ3n) is 11.3. The Balaban J connectivity index is 1.19. The van der Waals surface area contributed by atoms with Crippen molar-refractivity contribution in [2.45, 2.75) is 51.4 Å². The molecule has 236 valence electrons. The fourth-order valence-corrected chi connectivity index (χ4v) is 8.76. The summed E-state index contributed by atoms with van der Waals surface area (Å²) in [6.07, 6.45) is 4.66. The summed E-state index contributed by atoms with van der Waals surface area (Å²) in [5.74, 6) is 2.01. The predicted octanol–water partition coefficient (Wildman–Crippen LogP) is 9.14. The van der Waals surface area contributed by atoms with Gasteiger partial charge in [0.05, 0.1) is 16.6 Å². The van der Waals surface area contributed by atoms with Crippen molar-refractivity contribution < 1.29 is 0 Å². The maximum absolute atomic E-state index is 5.04. The number of hydrogen-bond donors (Lipinski definition) is 0. The van der Waals surface area contributed by atoms with E-state index in [1.807, 2.05) is 36.4 Å². The minimum absolute atomic E-state index is 0.0952. The Kier molecular flexibility index (Phi) is 5.77. The number of nitrogens with zero attached hydrogens (tertiary/aromatic N) is 4. The largest absolute Gasteiger partial charge is 0.308 e. The van der Waals surface area contributed by atoms with Crippen molar-refractivity contribution in [1.82, 2.24) is 19.5 Å². The van der Waals surface area contributed by atoms with Crippen LogP contribution >= 0.6 is 0 Å². The zero-order valence-corrected chi connectivity index (χ0v) is 28.3. The third-order valence-corrected chi connectivity index (χ3v) is 11.3. The highest BCUT2D eigenvalue weighted by Crippen LogP contribution is 2.51. The zero-order valence-electron chi connectivity index (χ0n) is 28.3. The van der Waals surface area contributed by atoms with E-state index in [1.54, 1.807) is 5.57 Å². The van der Waals surface area contributed by atoms with Crippen LogP contribution in [0.1, 0.15) is 57.2 Å². The van der Waals surface area contributed by atoms with E-state index in [0.29, 0.717) is 17.5 Å². The normalized spacial score (nSPS) is 16.0. The van der Waals surface area contributed by atoms with E-state index in [0.717, 1.165) is 35.1 Å². The predicted molar refractivity (Wildman–Crippen MR) is 200 cm³/mol. The second-order valence-electron chi connectivity index (χ2n) is 14.8. The molecule has 0 fully saturated rings. The molecule has 4 heteroatoms. The summed E-state index contributed by atoms with van der Waals surface area (Å²) >= 11 is 0. The second kappa shape index (κ2) is 9.96. The average molecular weight is 633 g/mol. The van der Waals surface area contributed by atoms with Crippen LogP contribution < -0.4 is 10.6 Å². The summed E-state index contributed by atoms with van der Waals surface area (Å²) in [7, 11) is 0. The molecule has 5 aromatic carbocycles. The molecule has 10 rings (SSSR count). The average Bonchev–Trinajstić information content (AvgIpc) is 3.49. The van der Waals surface area contributed by atoms with E-state index in [-0.39, 0.29) is 10.8 Å². The summed E-state index contributed by atoms with van der Waals surface area (Å²) in [5, 5.41) is 4.27. The molecule has 4 heterocycles. The van der Waals surface area contributed by atoms with Crippen LogP contribution in [-0.2, 0) is 10.8 Å². The van der Waals surface area contributed by atoms with Crippen molar-refractivity contribution in [3.8, 4) is 51.0 Å². The van der Waals surface area contributed by atoms with Gasteiger partial charge in [-0.1, -0.05) is 131 Å². The third kappa shape index (κ3) is 3.95. The number of rotatable bonds is 4. The van der Waals surface area contributed by atoms with E-state index in [9.17, 15) is 0 Å². The quantitative estimate of drug-likeness (QED) is 0.194. The van der Waals surface area contributed by atoms with Crippen LogP contribution in [0.3, 0.4) is 0 Å². The van der Waals surface area contributed by atoms with E-state index >= 15 is 0 Å². The highest BCUT2D eigenvalue weighted by atomic mass is 15.0. The molecular weight excluding hydrogens is 597 g/mol. The summed E-state index contributed by atoms with van der Waals surface area (Å²) in [4.78, 5) is 15.0. The smallest absolute Gasteiger partial charge is 0.164 e. The first-order valence-corrected chi connectivity index (χ1v) is 17.4. The van der Waals surface area contributed by atoms with Gasteiger partial charge in [-0.25, -0.2) is 15.0 Å². The van der Waals surface area contributed by atoms with Gasteiger partial charge in [0.25, 0.3) is 0 Å². The number of benzene rings is 5. The van der Waals surface area contributed by atoms with Crippen LogP contribution in [0.25, 0.3) is 73.5 Å². The minimum atomic E-state index is -0.162. The van der Waals surface area contributed by atoms with E-state index in [1.165, 1.54) is 49.4 Å². The molecule has 49 heavy (non-hydrogen) atoms. The van der Waals surface area contributed by atoms with E-state index in [4.69, 9.17) is 15.0 Å². The summed E-state index contributed by atoms with van der Waals surface area (Å²) in [6, 6.07) is 41.0.